The summed E-state index contributed by atoms with van der Waals surface area (Å²) in [5.41, 5.74) is 14.7. The van der Waals surface area contributed by atoms with Crippen LogP contribution in [0.5, 0.6) is 5.75 Å². The van der Waals surface area contributed by atoms with Crippen LogP contribution in [-0.4, -0.2) is 35.1 Å². The molecular weight excluding hydrogens is 430 g/mol. The van der Waals surface area contributed by atoms with Gasteiger partial charge in [0, 0.05) is 41.7 Å². The van der Waals surface area contributed by atoms with Crippen LogP contribution in [0.4, 0.5) is 20.3 Å². The van der Waals surface area contributed by atoms with E-state index in [4.69, 9.17) is 16.2 Å². The van der Waals surface area contributed by atoms with Gasteiger partial charge in [-0.15, -0.1) is 0 Å². The van der Waals surface area contributed by atoms with E-state index in [1.54, 1.807) is 0 Å². The molecule has 1 amide bonds. The zero-order valence-corrected chi connectivity index (χ0v) is 18.5. The maximum absolute atomic E-state index is 15.8. The summed E-state index contributed by atoms with van der Waals surface area (Å²) in [4.78, 5) is 19.8. The van der Waals surface area contributed by atoms with Gasteiger partial charge in [0.1, 0.15) is 23.1 Å². The Bertz CT molecular complexity index is 1120. The number of nitrogens with one attached hydrogen (secondary N) is 1. The van der Waals surface area contributed by atoms with Crippen LogP contribution >= 0.6 is 0 Å². The van der Waals surface area contributed by atoms with Crippen molar-refractivity contribution in [1.82, 2.24) is 15.4 Å². The third-order valence-electron chi connectivity index (χ3n) is 5.20. The van der Waals surface area contributed by atoms with E-state index in [2.05, 4.69) is 15.4 Å². The van der Waals surface area contributed by atoms with Gasteiger partial charge >= 0.3 is 0 Å². The highest BCUT2D eigenvalue weighted by atomic mass is 19.1. The van der Waals surface area contributed by atoms with E-state index in [1.807, 2.05) is 13.8 Å². The Balaban J connectivity index is 2.12. The Morgan fingerprint density at radius 3 is 2.48 bits per heavy atom. The number of ether oxygens (including phenoxy) is 1. The number of carbonyl (C=O) groups is 1. The number of carbonyl (C=O) groups excluding carboxylic acids is 1. The molecule has 10 heteroatoms. The highest BCUT2D eigenvalue weighted by molar-refractivity contribution is 5.92. The Morgan fingerprint density at radius 1 is 1.18 bits per heavy atom. The second kappa shape index (κ2) is 10.3. The lowest BCUT2D eigenvalue weighted by molar-refractivity contribution is 0.1000. The van der Waals surface area contributed by atoms with Gasteiger partial charge in [0.25, 0.3) is 0 Å². The molecule has 1 aromatic carbocycles. The van der Waals surface area contributed by atoms with Gasteiger partial charge in [-0.1, -0.05) is 6.92 Å². The minimum absolute atomic E-state index is 0.00106. The lowest BCUT2D eigenvalue weighted by Gasteiger charge is -2.31. The van der Waals surface area contributed by atoms with Crippen LogP contribution < -0.4 is 26.6 Å². The Hall–Kier alpha value is -3.63. The molecule has 5 N–H and O–H groups in total. The molecular formula is C23H26F2N6O2. The summed E-state index contributed by atoms with van der Waals surface area (Å²) in [6.45, 7) is 3.75. The van der Waals surface area contributed by atoms with Crippen LogP contribution in [0.3, 0.4) is 0 Å². The van der Waals surface area contributed by atoms with Crippen molar-refractivity contribution in [1.29, 1.82) is 0 Å². The fourth-order valence-electron chi connectivity index (χ4n) is 3.29. The number of hydrazine groups is 1. The van der Waals surface area contributed by atoms with Crippen LogP contribution in [-0.2, 0) is 0 Å². The summed E-state index contributed by atoms with van der Waals surface area (Å²) in [5.74, 6) is -1.43. The number of amides is 1. The first-order valence-corrected chi connectivity index (χ1v) is 10.3. The van der Waals surface area contributed by atoms with Crippen molar-refractivity contribution in [3.05, 3.63) is 66.1 Å². The molecule has 0 aliphatic rings. The largest absolute Gasteiger partial charge is 0.497 e. The summed E-state index contributed by atoms with van der Waals surface area (Å²) < 4.78 is 35.5. The Morgan fingerprint density at radius 2 is 1.94 bits per heavy atom. The van der Waals surface area contributed by atoms with Gasteiger partial charge < -0.3 is 16.2 Å². The minimum atomic E-state index is -0.720. The van der Waals surface area contributed by atoms with Gasteiger partial charge in [-0.2, -0.15) is 0 Å². The summed E-state index contributed by atoms with van der Waals surface area (Å²) in [6.07, 6.45) is 4.46. The molecule has 0 radical (unpaired) electrons. The van der Waals surface area contributed by atoms with Gasteiger partial charge in [0.2, 0.25) is 5.91 Å². The standard InChI is InChI=1S/C23H26F2N6O2/c1-4-19(13(2)26)30-31(21-8-5-14(10-29-21)23(27)32)20-12-28-11-17(22(20)25)16-7-6-15(33-3)9-18(16)24/h5-13,19,30H,4,26H2,1-3H3,(H2,27,32)/t13-,19+/m0/s1. The molecule has 0 aliphatic carbocycles. The topological polar surface area (TPSA) is 119 Å². The lowest BCUT2D eigenvalue weighted by atomic mass is 10.1. The monoisotopic (exact) mass is 456 g/mol. The smallest absolute Gasteiger partial charge is 0.250 e. The minimum Gasteiger partial charge on any atom is -0.497 e. The van der Waals surface area contributed by atoms with E-state index in [0.29, 0.717) is 12.2 Å². The predicted molar refractivity (Wildman–Crippen MR) is 122 cm³/mol. The number of methoxy groups -OCH3 is 1. The highest BCUT2D eigenvalue weighted by Gasteiger charge is 2.24. The van der Waals surface area contributed by atoms with Crippen molar-refractivity contribution >= 4 is 17.4 Å². The molecule has 33 heavy (non-hydrogen) atoms. The molecule has 0 unspecified atom stereocenters. The number of rotatable bonds is 9. The van der Waals surface area contributed by atoms with Gasteiger partial charge in [0.05, 0.1) is 18.9 Å². The number of anilines is 2. The van der Waals surface area contributed by atoms with Crippen LogP contribution in [0.1, 0.15) is 30.6 Å². The molecule has 3 rings (SSSR count). The van der Waals surface area contributed by atoms with Crippen LogP contribution in [0.2, 0.25) is 0 Å². The van der Waals surface area contributed by atoms with Gasteiger partial charge in [-0.25, -0.2) is 19.2 Å². The van der Waals surface area contributed by atoms with Crippen molar-refractivity contribution < 1.29 is 18.3 Å². The van der Waals surface area contributed by atoms with E-state index in [9.17, 15) is 9.18 Å². The quantitative estimate of drug-likeness (QED) is 0.423. The second-order valence-corrected chi connectivity index (χ2v) is 7.47. The van der Waals surface area contributed by atoms with E-state index >= 15 is 4.39 Å². The molecule has 0 saturated carbocycles. The predicted octanol–water partition coefficient (Wildman–Crippen LogP) is 3.30. The van der Waals surface area contributed by atoms with Gasteiger partial charge in [0.15, 0.2) is 5.82 Å². The SMILES string of the molecule is CC[C@@H](NN(c1ccc(C(N)=O)cn1)c1cncc(-c2ccc(OC)cc2F)c1F)[C@H](C)N. The summed E-state index contributed by atoms with van der Waals surface area (Å²) in [5, 5.41) is 1.38. The first-order chi connectivity index (χ1) is 15.8. The van der Waals surface area contributed by atoms with Crippen molar-refractivity contribution in [2.45, 2.75) is 32.4 Å². The van der Waals surface area contributed by atoms with Gasteiger partial charge in [-0.3, -0.25) is 14.8 Å². The fourth-order valence-corrected chi connectivity index (χ4v) is 3.29. The molecule has 0 fully saturated rings. The van der Waals surface area contributed by atoms with E-state index in [1.165, 1.54) is 61.0 Å². The zero-order valence-electron chi connectivity index (χ0n) is 18.5. The van der Waals surface area contributed by atoms with Crippen molar-refractivity contribution in [2.75, 3.05) is 12.1 Å². The normalized spacial score (nSPS) is 12.8. The Labute approximate surface area is 190 Å². The maximum Gasteiger partial charge on any atom is 0.250 e. The van der Waals surface area contributed by atoms with E-state index < -0.39 is 17.5 Å². The van der Waals surface area contributed by atoms with Crippen molar-refractivity contribution in [3.63, 3.8) is 0 Å². The lowest BCUT2D eigenvalue weighted by Crippen LogP contribution is -2.50. The third-order valence-corrected chi connectivity index (χ3v) is 5.20. The fraction of sp³-hybridized carbons (Fsp3) is 0.261. The molecule has 3 aromatic rings. The number of nitrogens with two attached hydrogens (primary N) is 2. The number of benzene rings is 1. The summed E-state index contributed by atoms with van der Waals surface area (Å²) in [7, 11) is 1.42. The van der Waals surface area contributed by atoms with Crippen molar-refractivity contribution in [2.24, 2.45) is 11.5 Å². The van der Waals surface area contributed by atoms with Gasteiger partial charge in [-0.05, 0) is 37.6 Å². The number of hydrogen-bond donors (Lipinski definition) is 3. The number of pyridine rings is 2. The molecule has 0 spiro atoms. The molecule has 0 aliphatic heterocycles. The number of aromatic nitrogens is 2. The molecule has 0 bridgehead atoms. The molecule has 2 atom stereocenters. The van der Waals surface area contributed by atoms with Crippen LogP contribution in [0.15, 0.2) is 48.9 Å². The zero-order chi connectivity index (χ0) is 24.1. The van der Waals surface area contributed by atoms with Crippen LogP contribution in [0.25, 0.3) is 11.1 Å². The Kier molecular flexibility index (Phi) is 7.52. The molecule has 174 valence electrons. The van der Waals surface area contributed by atoms with E-state index in [-0.39, 0.29) is 40.3 Å². The van der Waals surface area contributed by atoms with Crippen LogP contribution in [0, 0.1) is 11.6 Å². The third kappa shape index (κ3) is 5.24. The number of halogens is 2. The summed E-state index contributed by atoms with van der Waals surface area (Å²) in [6, 6.07) is 6.60. The summed E-state index contributed by atoms with van der Waals surface area (Å²) >= 11 is 0. The average Bonchev–Trinajstić information content (AvgIpc) is 2.80. The molecule has 0 saturated heterocycles. The molecule has 8 nitrogen and oxygen atoms in total. The second-order valence-electron chi connectivity index (χ2n) is 7.47. The average molecular weight is 456 g/mol. The molecule has 2 aromatic heterocycles. The maximum atomic E-state index is 15.8. The number of nitrogens with zero attached hydrogens (tertiary/aromatic N) is 3. The first kappa shape index (κ1) is 24.0. The molecule has 2 heterocycles. The first-order valence-electron chi connectivity index (χ1n) is 10.3. The number of primary amides is 1. The van der Waals surface area contributed by atoms with E-state index in [0.717, 1.165) is 0 Å². The number of hydrogen-bond acceptors (Lipinski definition) is 7. The highest BCUT2D eigenvalue weighted by Crippen LogP contribution is 2.34. The van der Waals surface area contributed by atoms with Crippen molar-refractivity contribution in [3.8, 4) is 16.9 Å².